The van der Waals surface area contributed by atoms with Crippen LogP contribution >= 0.6 is 15.9 Å². The van der Waals surface area contributed by atoms with Crippen molar-refractivity contribution >= 4 is 15.9 Å². The fraction of sp³-hybridized carbons (Fsp3) is 0.250. The monoisotopic (exact) mass is 336 g/mol. The van der Waals surface area contributed by atoms with Crippen molar-refractivity contribution in [2.45, 2.75) is 6.61 Å². The summed E-state index contributed by atoms with van der Waals surface area (Å²) in [5.74, 6) is 1.59. The second-order valence-corrected chi connectivity index (χ2v) is 5.06. The van der Waals surface area contributed by atoms with Gasteiger partial charge in [-0.25, -0.2) is 0 Å². The molecule has 3 nitrogen and oxygen atoms in total. The number of benzene rings is 2. The maximum Gasteiger partial charge on any atom is 0.134 e. The third kappa shape index (κ3) is 4.54. The third-order valence-corrected chi connectivity index (χ3v) is 3.32. The number of rotatable bonds is 7. The Hall–Kier alpha value is -1.52. The molecule has 4 heteroatoms. The minimum atomic E-state index is 0.535. The number of hydrogen-bond donors (Lipinski definition) is 0. The highest BCUT2D eigenvalue weighted by Crippen LogP contribution is 2.29. The zero-order chi connectivity index (χ0) is 14.2. The van der Waals surface area contributed by atoms with Gasteiger partial charge >= 0.3 is 0 Å². The van der Waals surface area contributed by atoms with Crippen LogP contribution in [-0.2, 0) is 11.3 Å². The van der Waals surface area contributed by atoms with Gasteiger partial charge in [-0.3, -0.25) is 0 Å². The summed E-state index contributed by atoms with van der Waals surface area (Å²) in [6.45, 7) is 1.65. The van der Waals surface area contributed by atoms with Crippen molar-refractivity contribution in [3.63, 3.8) is 0 Å². The van der Waals surface area contributed by atoms with Crippen LogP contribution in [0.4, 0.5) is 0 Å². The maximum absolute atomic E-state index is 5.78. The zero-order valence-corrected chi connectivity index (χ0v) is 12.9. The molecule has 0 bridgehead atoms. The molecular weight excluding hydrogens is 320 g/mol. The Kier molecular flexibility index (Phi) is 5.89. The van der Waals surface area contributed by atoms with Crippen LogP contribution in [0.2, 0.25) is 0 Å². The first-order chi connectivity index (χ1) is 9.79. The van der Waals surface area contributed by atoms with E-state index in [0.717, 1.165) is 21.5 Å². The highest BCUT2D eigenvalue weighted by atomic mass is 79.9. The molecule has 0 radical (unpaired) electrons. The summed E-state index contributed by atoms with van der Waals surface area (Å²) in [6, 6.07) is 15.8. The van der Waals surface area contributed by atoms with Crippen LogP contribution in [0.25, 0.3) is 0 Å². The van der Waals surface area contributed by atoms with E-state index in [1.807, 2.05) is 48.5 Å². The highest BCUT2D eigenvalue weighted by Gasteiger charge is 2.04. The highest BCUT2D eigenvalue weighted by molar-refractivity contribution is 9.10. The minimum absolute atomic E-state index is 0.535. The molecule has 2 aromatic carbocycles. The summed E-state index contributed by atoms with van der Waals surface area (Å²) in [5.41, 5.74) is 1.14. The van der Waals surface area contributed by atoms with Crippen LogP contribution in [0, 0.1) is 0 Å². The van der Waals surface area contributed by atoms with Gasteiger partial charge in [-0.2, -0.15) is 0 Å². The predicted octanol–water partition coefficient (Wildman–Crippen LogP) is 4.05. The van der Waals surface area contributed by atoms with Crippen molar-refractivity contribution in [2.75, 3.05) is 20.3 Å². The Balaban J connectivity index is 1.92. The molecule has 0 fully saturated rings. The molecule has 0 saturated heterocycles. The van der Waals surface area contributed by atoms with Crippen LogP contribution in [0.5, 0.6) is 11.5 Å². The van der Waals surface area contributed by atoms with Gasteiger partial charge in [-0.1, -0.05) is 30.3 Å². The second kappa shape index (κ2) is 7.92. The first-order valence-electron chi connectivity index (χ1n) is 6.37. The molecule has 0 aliphatic rings. The molecule has 0 aromatic heterocycles. The fourth-order valence-electron chi connectivity index (χ4n) is 1.67. The van der Waals surface area contributed by atoms with E-state index in [9.17, 15) is 0 Å². The van der Waals surface area contributed by atoms with Gasteiger partial charge in [0.05, 0.1) is 11.1 Å². The standard InChI is InChI=1S/C16H17BrO3/c1-18-9-10-19-14-7-8-16(15(17)11-14)20-12-13-5-3-2-4-6-13/h2-8,11H,9-10,12H2,1H3. The lowest BCUT2D eigenvalue weighted by Crippen LogP contribution is -2.04. The van der Waals surface area contributed by atoms with Crippen LogP contribution in [0.1, 0.15) is 5.56 Å². The van der Waals surface area contributed by atoms with Gasteiger partial charge in [0.15, 0.2) is 0 Å². The minimum Gasteiger partial charge on any atom is -0.491 e. The van der Waals surface area contributed by atoms with Crippen molar-refractivity contribution in [2.24, 2.45) is 0 Å². The van der Waals surface area contributed by atoms with E-state index in [-0.39, 0.29) is 0 Å². The summed E-state index contributed by atoms with van der Waals surface area (Å²) < 4.78 is 17.1. The van der Waals surface area contributed by atoms with Gasteiger partial charge in [0.25, 0.3) is 0 Å². The molecule has 0 N–H and O–H groups in total. The van der Waals surface area contributed by atoms with E-state index in [4.69, 9.17) is 14.2 Å². The molecule has 0 saturated carbocycles. The Morgan fingerprint density at radius 3 is 2.45 bits per heavy atom. The topological polar surface area (TPSA) is 27.7 Å². The Morgan fingerprint density at radius 2 is 1.75 bits per heavy atom. The van der Waals surface area contributed by atoms with Crippen molar-refractivity contribution < 1.29 is 14.2 Å². The van der Waals surface area contributed by atoms with Gasteiger partial charge in [0.2, 0.25) is 0 Å². The van der Waals surface area contributed by atoms with Gasteiger partial charge in [0, 0.05) is 7.11 Å². The predicted molar refractivity (Wildman–Crippen MR) is 82.3 cm³/mol. The average Bonchev–Trinajstić information content (AvgIpc) is 2.48. The number of ether oxygens (including phenoxy) is 3. The Labute approximate surface area is 127 Å². The molecule has 0 spiro atoms. The first-order valence-corrected chi connectivity index (χ1v) is 7.17. The van der Waals surface area contributed by atoms with E-state index in [2.05, 4.69) is 15.9 Å². The molecule has 20 heavy (non-hydrogen) atoms. The van der Waals surface area contributed by atoms with Gasteiger partial charge in [0.1, 0.15) is 24.7 Å². The molecule has 0 amide bonds. The first kappa shape index (κ1) is 14.9. The van der Waals surface area contributed by atoms with Gasteiger partial charge in [-0.15, -0.1) is 0 Å². The van der Waals surface area contributed by atoms with Crippen molar-refractivity contribution in [3.05, 3.63) is 58.6 Å². The second-order valence-electron chi connectivity index (χ2n) is 4.21. The van der Waals surface area contributed by atoms with E-state index in [0.29, 0.717) is 19.8 Å². The van der Waals surface area contributed by atoms with Crippen LogP contribution < -0.4 is 9.47 Å². The molecule has 2 rings (SSSR count). The van der Waals surface area contributed by atoms with E-state index in [1.165, 1.54) is 0 Å². The summed E-state index contributed by atoms with van der Waals surface area (Å²) in [6.07, 6.45) is 0. The fourth-order valence-corrected chi connectivity index (χ4v) is 2.14. The molecule has 0 atom stereocenters. The zero-order valence-electron chi connectivity index (χ0n) is 11.3. The molecule has 2 aromatic rings. The smallest absolute Gasteiger partial charge is 0.134 e. The summed E-state index contributed by atoms with van der Waals surface area (Å²) in [4.78, 5) is 0. The SMILES string of the molecule is COCCOc1ccc(OCc2ccccc2)c(Br)c1. The maximum atomic E-state index is 5.78. The summed E-state index contributed by atoms with van der Waals surface area (Å²) in [5, 5.41) is 0. The molecule has 106 valence electrons. The van der Waals surface area contributed by atoms with Crippen LogP contribution in [0.15, 0.2) is 53.0 Å². The van der Waals surface area contributed by atoms with Crippen molar-refractivity contribution in [1.29, 1.82) is 0 Å². The third-order valence-electron chi connectivity index (χ3n) is 2.70. The lowest BCUT2D eigenvalue weighted by atomic mass is 10.2. The quantitative estimate of drug-likeness (QED) is 0.714. The normalized spacial score (nSPS) is 10.3. The van der Waals surface area contributed by atoms with Gasteiger partial charge in [-0.05, 0) is 39.7 Å². The Morgan fingerprint density at radius 1 is 0.950 bits per heavy atom. The lowest BCUT2D eigenvalue weighted by Gasteiger charge is -2.10. The van der Waals surface area contributed by atoms with Crippen LogP contribution in [0.3, 0.4) is 0 Å². The van der Waals surface area contributed by atoms with E-state index in [1.54, 1.807) is 7.11 Å². The summed E-state index contributed by atoms with van der Waals surface area (Å²) >= 11 is 3.49. The number of hydrogen-bond acceptors (Lipinski definition) is 3. The van der Waals surface area contributed by atoms with Crippen molar-refractivity contribution in [1.82, 2.24) is 0 Å². The Bertz CT molecular complexity index is 529. The van der Waals surface area contributed by atoms with E-state index < -0.39 is 0 Å². The van der Waals surface area contributed by atoms with Crippen LogP contribution in [-0.4, -0.2) is 20.3 Å². The molecular formula is C16H17BrO3. The van der Waals surface area contributed by atoms with Crippen molar-refractivity contribution in [3.8, 4) is 11.5 Å². The molecule has 0 aliphatic carbocycles. The van der Waals surface area contributed by atoms with Gasteiger partial charge < -0.3 is 14.2 Å². The number of methoxy groups -OCH3 is 1. The van der Waals surface area contributed by atoms with E-state index >= 15 is 0 Å². The molecule has 0 aliphatic heterocycles. The molecule has 0 unspecified atom stereocenters. The lowest BCUT2D eigenvalue weighted by molar-refractivity contribution is 0.146. The number of halogens is 1. The summed E-state index contributed by atoms with van der Waals surface area (Å²) in [7, 11) is 1.65. The largest absolute Gasteiger partial charge is 0.491 e. The molecule has 0 heterocycles. The average molecular weight is 337 g/mol.